The summed E-state index contributed by atoms with van der Waals surface area (Å²) in [5.41, 5.74) is 7.71. The van der Waals surface area contributed by atoms with Crippen molar-refractivity contribution in [3.05, 3.63) is 47.7 Å². The number of pyridine rings is 1. The molecule has 1 aromatic carbocycles. The van der Waals surface area contributed by atoms with Gasteiger partial charge in [0.05, 0.1) is 5.69 Å². The summed E-state index contributed by atoms with van der Waals surface area (Å²) in [5.74, 6) is -0.401. The molecule has 6 heteroatoms. The minimum absolute atomic E-state index is 0.0952. The van der Waals surface area contributed by atoms with Crippen LogP contribution in [0.3, 0.4) is 0 Å². The first kappa shape index (κ1) is 15.5. The van der Waals surface area contributed by atoms with Gasteiger partial charge in [-0.15, -0.1) is 0 Å². The first-order valence-electron chi connectivity index (χ1n) is 7.61. The van der Waals surface area contributed by atoms with E-state index in [9.17, 15) is 8.78 Å². The molecule has 1 aliphatic heterocycles. The fourth-order valence-corrected chi connectivity index (χ4v) is 2.78. The van der Waals surface area contributed by atoms with Crippen molar-refractivity contribution in [1.29, 1.82) is 0 Å². The smallest absolute Gasteiger partial charge is 0.167 e. The van der Waals surface area contributed by atoms with Crippen molar-refractivity contribution in [1.82, 2.24) is 4.98 Å². The molecule has 122 valence electrons. The number of hydrogen-bond acceptors (Lipinski definition) is 4. The van der Waals surface area contributed by atoms with E-state index in [4.69, 9.17) is 10.5 Å². The average Bonchev–Trinajstić information content (AvgIpc) is 2.51. The van der Waals surface area contributed by atoms with Crippen molar-refractivity contribution in [2.75, 3.05) is 23.7 Å². The number of aryl methyl sites for hydroxylation is 1. The summed E-state index contributed by atoms with van der Waals surface area (Å²) < 4.78 is 32.2. The molecule has 4 nitrogen and oxygen atoms in total. The van der Waals surface area contributed by atoms with Crippen molar-refractivity contribution in [3.8, 4) is 5.75 Å². The van der Waals surface area contributed by atoms with Gasteiger partial charge in [-0.05, 0) is 30.7 Å². The normalized spacial score (nSPS) is 15.7. The summed E-state index contributed by atoms with van der Waals surface area (Å²) in [7, 11) is 0. The highest BCUT2D eigenvalue weighted by molar-refractivity contribution is 5.63. The fraction of sp³-hybridized carbons (Fsp3) is 0.353. The topological polar surface area (TPSA) is 51.4 Å². The molecule has 2 aromatic rings. The standard InChI is InChI=1S/C17H19F2N3O/c1-11-8-15(20)17(21-10-11)22-6-4-13(5-7-22)23-16-3-2-12(18)9-14(16)19/h2-3,8-10,13H,4-7,20H2,1H3. The van der Waals surface area contributed by atoms with E-state index < -0.39 is 11.6 Å². The summed E-state index contributed by atoms with van der Waals surface area (Å²) in [6.45, 7) is 3.41. The van der Waals surface area contributed by atoms with E-state index in [0.717, 1.165) is 43.4 Å². The van der Waals surface area contributed by atoms with Crippen LogP contribution in [0, 0.1) is 18.6 Å². The quantitative estimate of drug-likeness (QED) is 0.943. The Kier molecular flexibility index (Phi) is 4.32. The molecule has 1 aromatic heterocycles. The summed E-state index contributed by atoms with van der Waals surface area (Å²) in [6.07, 6.45) is 3.15. The van der Waals surface area contributed by atoms with Gasteiger partial charge in [-0.25, -0.2) is 13.8 Å². The Morgan fingerprint density at radius 1 is 1.22 bits per heavy atom. The maximum Gasteiger partial charge on any atom is 0.167 e. The van der Waals surface area contributed by atoms with E-state index in [-0.39, 0.29) is 11.9 Å². The molecule has 0 bridgehead atoms. The van der Waals surface area contributed by atoms with Crippen molar-refractivity contribution in [2.45, 2.75) is 25.9 Å². The third-order valence-electron chi connectivity index (χ3n) is 3.96. The Morgan fingerprint density at radius 3 is 2.61 bits per heavy atom. The van der Waals surface area contributed by atoms with Crippen molar-refractivity contribution in [3.63, 3.8) is 0 Å². The molecule has 0 unspecified atom stereocenters. The van der Waals surface area contributed by atoms with E-state index in [1.54, 1.807) is 6.20 Å². The van der Waals surface area contributed by atoms with E-state index in [2.05, 4.69) is 9.88 Å². The number of ether oxygens (including phenoxy) is 1. The van der Waals surface area contributed by atoms with E-state index in [1.165, 1.54) is 12.1 Å². The maximum absolute atomic E-state index is 13.6. The highest BCUT2D eigenvalue weighted by Gasteiger charge is 2.23. The average molecular weight is 319 g/mol. The van der Waals surface area contributed by atoms with E-state index >= 15 is 0 Å². The number of benzene rings is 1. The summed E-state index contributed by atoms with van der Waals surface area (Å²) in [5, 5.41) is 0. The van der Waals surface area contributed by atoms with Crippen LogP contribution in [0.25, 0.3) is 0 Å². The lowest BCUT2D eigenvalue weighted by atomic mass is 10.1. The van der Waals surface area contributed by atoms with Crippen molar-refractivity contribution >= 4 is 11.5 Å². The van der Waals surface area contributed by atoms with Gasteiger partial charge in [0.25, 0.3) is 0 Å². The monoisotopic (exact) mass is 319 g/mol. The van der Waals surface area contributed by atoms with Gasteiger partial charge in [0.2, 0.25) is 0 Å². The molecule has 3 rings (SSSR count). The molecule has 1 saturated heterocycles. The Labute approximate surface area is 133 Å². The number of nitrogens with two attached hydrogens (primary N) is 1. The highest BCUT2D eigenvalue weighted by atomic mass is 19.1. The van der Waals surface area contributed by atoms with Crippen LogP contribution in [0.2, 0.25) is 0 Å². The SMILES string of the molecule is Cc1cnc(N2CCC(Oc3ccc(F)cc3F)CC2)c(N)c1. The molecule has 0 amide bonds. The third-order valence-corrected chi connectivity index (χ3v) is 3.96. The van der Waals surface area contributed by atoms with Gasteiger partial charge in [-0.1, -0.05) is 0 Å². The van der Waals surface area contributed by atoms with Gasteiger partial charge in [-0.2, -0.15) is 0 Å². The predicted molar refractivity (Wildman–Crippen MR) is 85.6 cm³/mol. The number of nitrogen functional groups attached to an aromatic ring is 1. The molecule has 23 heavy (non-hydrogen) atoms. The van der Waals surface area contributed by atoms with Crippen molar-refractivity contribution in [2.24, 2.45) is 0 Å². The second-order valence-electron chi connectivity index (χ2n) is 5.80. The number of rotatable bonds is 3. The third kappa shape index (κ3) is 3.52. The number of aromatic nitrogens is 1. The van der Waals surface area contributed by atoms with Crippen LogP contribution >= 0.6 is 0 Å². The zero-order chi connectivity index (χ0) is 16.4. The highest BCUT2D eigenvalue weighted by Crippen LogP contribution is 2.27. The van der Waals surface area contributed by atoms with Crippen LogP contribution in [0.4, 0.5) is 20.3 Å². The molecule has 0 saturated carbocycles. The molecule has 1 fully saturated rings. The molecule has 1 aliphatic rings. The predicted octanol–water partition coefficient (Wildman–Crippen LogP) is 3.30. The second kappa shape index (κ2) is 6.40. The van der Waals surface area contributed by atoms with Crippen LogP contribution in [0.1, 0.15) is 18.4 Å². The van der Waals surface area contributed by atoms with E-state index in [1.807, 2.05) is 13.0 Å². The maximum atomic E-state index is 13.6. The van der Waals surface area contributed by atoms with Crippen LogP contribution < -0.4 is 15.4 Å². The Morgan fingerprint density at radius 2 is 1.96 bits per heavy atom. The van der Waals surface area contributed by atoms with Crippen molar-refractivity contribution < 1.29 is 13.5 Å². The van der Waals surface area contributed by atoms with Crippen LogP contribution in [0.15, 0.2) is 30.5 Å². The van der Waals surface area contributed by atoms with Gasteiger partial charge in [0.1, 0.15) is 11.9 Å². The molecular formula is C17H19F2N3O. The molecule has 0 atom stereocenters. The Bertz CT molecular complexity index is 700. The Hall–Kier alpha value is -2.37. The van der Waals surface area contributed by atoms with Gasteiger partial charge >= 0.3 is 0 Å². The molecule has 0 radical (unpaired) electrons. The largest absolute Gasteiger partial charge is 0.487 e. The molecule has 0 spiro atoms. The molecule has 2 heterocycles. The molecular weight excluding hydrogens is 300 g/mol. The van der Waals surface area contributed by atoms with Crippen LogP contribution in [-0.4, -0.2) is 24.2 Å². The summed E-state index contributed by atoms with van der Waals surface area (Å²) in [4.78, 5) is 6.50. The van der Waals surface area contributed by atoms with Gasteiger partial charge in [0, 0.05) is 38.2 Å². The Balaban J connectivity index is 1.62. The van der Waals surface area contributed by atoms with Gasteiger partial charge < -0.3 is 15.4 Å². The molecule has 0 aliphatic carbocycles. The van der Waals surface area contributed by atoms with Crippen LogP contribution in [-0.2, 0) is 0 Å². The number of piperidine rings is 1. The zero-order valence-corrected chi connectivity index (χ0v) is 12.9. The lowest BCUT2D eigenvalue weighted by Crippen LogP contribution is -2.39. The minimum Gasteiger partial charge on any atom is -0.487 e. The first-order chi connectivity index (χ1) is 11.0. The second-order valence-corrected chi connectivity index (χ2v) is 5.80. The lowest BCUT2D eigenvalue weighted by Gasteiger charge is -2.33. The van der Waals surface area contributed by atoms with Crippen LogP contribution in [0.5, 0.6) is 5.75 Å². The molecule has 2 N–H and O–H groups in total. The van der Waals surface area contributed by atoms with E-state index in [0.29, 0.717) is 5.69 Å². The lowest BCUT2D eigenvalue weighted by molar-refractivity contribution is 0.163. The van der Waals surface area contributed by atoms with Gasteiger partial charge in [0.15, 0.2) is 17.4 Å². The number of nitrogens with zero attached hydrogens (tertiary/aromatic N) is 2. The minimum atomic E-state index is -0.670. The summed E-state index contributed by atoms with van der Waals surface area (Å²) in [6, 6.07) is 5.27. The zero-order valence-electron chi connectivity index (χ0n) is 12.9. The fourth-order valence-electron chi connectivity index (χ4n) is 2.78. The first-order valence-corrected chi connectivity index (χ1v) is 7.61. The van der Waals surface area contributed by atoms with Gasteiger partial charge in [-0.3, -0.25) is 0 Å². The number of anilines is 2. The number of hydrogen-bond donors (Lipinski definition) is 1. The number of halogens is 2. The summed E-state index contributed by atoms with van der Waals surface area (Å²) >= 11 is 0.